The molecule has 1 aliphatic rings. The average molecular weight is 215 g/mol. The van der Waals surface area contributed by atoms with Gasteiger partial charge < -0.3 is 5.73 Å². The van der Waals surface area contributed by atoms with Gasteiger partial charge in [0.2, 0.25) is 0 Å². The van der Waals surface area contributed by atoms with Gasteiger partial charge in [0.25, 0.3) is 0 Å². The van der Waals surface area contributed by atoms with Gasteiger partial charge in [-0.05, 0) is 30.2 Å². The molecule has 2 rings (SSSR count). The van der Waals surface area contributed by atoms with Crippen LogP contribution in [-0.4, -0.2) is 5.75 Å². The monoisotopic (exact) mass is 215 g/mol. The van der Waals surface area contributed by atoms with E-state index in [2.05, 4.69) is 0 Å². The standard InChI is InChI=1S/C10H11F2NS/c11-6-4-7-9(13)2-1-3-14-10(7)8(12)5-6/h4-5,9H,1-3,13H2. The van der Waals surface area contributed by atoms with Crippen LogP contribution >= 0.6 is 11.8 Å². The highest BCUT2D eigenvalue weighted by atomic mass is 32.2. The molecule has 0 spiro atoms. The summed E-state index contributed by atoms with van der Waals surface area (Å²) in [6.45, 7) is 0. The number of thioether (sulfide) groups is 1. The second-order valence-corrected chi connectivity index (χ2v) is 4.51. The molecule has 1 heterocycles. The van der Waals surface area contributed by atoms with Gasteiger partial charge in [-0.15, -0.1) is 11.8 Å². The van der Waals surface area contributed by atoms with Crippen LogP contribution in [0.5, 0.6) is 0 Å². The summed E-state index contributed by atoms with van der Waals surface area (Å²) < 4.78 is 26.3. The molecule has 4 heteroatoms. The Morgan fingerprint density at radius 3 is 2.93 bits per heavy atom. The Labute approximate surface area is 85.7 Å². The maximum atomic E-state index is 13.4. The summed E-state index contributed by atoms with van der Waals surface area (Å²) in [4.78, 5) is 0.524. The molecule has 0 fully saturated rings. The van der Waals surface area contributed by atoms with Crippen LogP contribution in [0.3, 0.4) is 0 Å². The van der Waals surface area contributed by atoms with E-state index >= 15 is 0 Å². The third kappa shape index (κ3) is 1.77. The number of benzene rings is 1. The molecule has 0 amide bonds. The maximum Gasteiger partial charge on any atom is 0.140 e. The van der Waals surface area contributed by atoms with Crippen molar-refractivity contribution < 1.29 is 8.78 Å². The highest BCUT2D eigenvalue weighted by molar-refractivity contribution is 7.99. The zero-order valence-electron chi connectivity index (χ0n) is 7.59. The first-order chi connectivity index (χ1) is 6.68. The molecule has 1 aromatic rings. The highest BCUT2D eigenvalue weighted by Crippen LogP contribution is 2.35. The van der Waals surface area contributed by atoms with E-state index in [-0.39, 0.29) is 6.04 Å². The van der Waals surface area contributed by atoms with Gasteiger partial charge in [-0.3, -0.25) is 0 Å². The molecule has 1 atom stereocenters. The lowest BCUT2D eigenvalue weighted by atomic mass is 10.0. The molecule has 2 N–H and O–H groups in total. The summed E-state index contributed by atoms with van der Waals surface area (Å²) in [5.74, 6) is -0.176. The van der Waals surface area contributed by atoms with Gasteiger partial charge in [0.05, 0.1) is 0 Å². The minimum absolute atomic E-state index is 0.231. The second-order valence-electron chi connectivity index (χ2n) is 3.40. The third-order valence-electron chi connectivity index (χ3n) is 2.34. The number of nitrogens with two attached hydrogens (primary N) is 1. The van der Waals surface area contributed by atoms with Gasteiger partial charge in [0, 0.05) is 17.0 Å². The average Bonchev–Trinajstić information content (AvgIpc) is 2.29. The molecule has 14 heavy (non-hydrogen) atoms. The van der Waals surface area contributed by atoms with E-state index in [9.17, 15) is 8.78 Å². The van der Waals surface area contributed by atoms with E-state index < -0.39 is 11.6 Å². The first-order valence-corrected chi connectivity index (χ1v) is 5.54. The molecule has 0 saturated heterocycles. The molecule has 0 bridgehead atoms. The predicted octanol–water partition coefficient (Wildman–Crippen LogP) is 2.85. The summed E-state index contributed by atoms with van der Waals surface area (Å²) in [5.41, 5.74) is 6.45. The number of hydrogen-bond donors (Lipinski definition) is 1. The smallest absolute Gasteiger partial charge is 0.140 e. The summed E-state index contributed by atoms with van der Waals surface area (Å²) in [5, 5.41) is 0. The fourth-order valence-corrected chi connectivity index (χ4v) is 2.73. The van der Waals surface area contributed by atoms with Crippen LogP contribution in [0.1, 0.15) is 24.4 Å². The Hall–Kier alpha value is -0.610. The Morgan fingerprint density at radius 1 is 1.36 bits per heavy atom. The van der Waals surface area contributed by atoms with Crippen LogP contribution in [0.2, 0.25) is 0 Å². The van der Waals surface area contributed by atoms with Crippen molar-refractivity contribution in [1.29, 1.82) is 0 Å². The molecular formula is C10H11F2NS. The topological polar surface area (TPSA) is 26.0 Å². The number of halogens is 2. The highest BCUT2D eigenvalue weighted by Gasteiger charge is 2.19. The fraction of sp³-hybridized carbons (Fsp3) is 0.400. The van der Waals surface area contributed by atoms with Crippen molar-refractivity contribution in [2.24, 2.45) is 5.73 Å². The van der Waals surface area contributed by atoms with Crippen LogP contribution < -0.4 is 5.73 Å². The lowest BCUT2D eigenvalue weighted by Crippen LogP contribution is -2.10. The van der Waals surface area contributed by atoms with Gasteiger partial charge >= 0.3 is 0 Å². The van der Waals surface area contributed by atoms with Crippen LogP contribution in [0.25, 0.3) is 0 Å². The van der Waals surface area contributed by atoms with Gasteiger partial charge in [-0.25, -0.2) is 8.78 Å². The molecule has 0 aromatic heterocycles. The first-order valence-electron chi connectivity index (χ1n) is 4.56. The van der Waals surface area contributed by atoms with Crippen LogP contribution in [-0.2, 0) is 0 Å². The number of rotatable bonds is 0. The van der Waals surface area contributed by atoms with Crippen LogP contribution in [0, 0.1) is 11.6 Å². The van der Waals surface area contributed by atoms with E-state index in [0.717, 1.165) is 24.7 Å². The first kappa shape index (κ1) is 9.93. The van der Waals surface area contributed by atoms with Gasteiger partial charge in [-0.2, -0.15) is 0 Å². The molecule has 0 saturated carbocycles. The molecule has 0 radical (unpaired) electrons. The Kier molecular flexibility index (Phi) is 2.74. The van der Waals surface area contributed by atoms with Crippen molar-refractivity contribution in [3.05, 3.63) is 29.3 Å². The lowest BCUT2D eigenvalue weighted by Gasteiger charge is -2.12. The minimum Gasteiger partial charge on any atom is -0.324 e. The summed E-state index contributed by atoms with van der Waals surface area (Å²) in [6.07, 6.45) is 1.74. The Balaban J connectivity index is 2.53. The summed E-state index contributed by atoms with van der Waals surface area (Å²) in [6, 6.07) is 2.04. The summed E-state index contributed by atoms with van der Waals surface area (Å²) in [7, 11) is 0. The van der Waals surface area contributed by atoms with Crippen LogP contribution in [0.4, 0.5) is 8.78 Å². The minimum atomic E-state index is -0.542. The molecule has 0 aliphatic carbocycles. The SMILES string of the molecule is NC1CCCSc2c(F)cc(F)cc21. The van der Waals surface area contributed by atoms with E-state index in [1.807, 2.05) is 0 Å². The molecule has 1 aromatic carbocycles. The largest absolute Gasteiger partial charge is 0.324 e. The Morgan fingerprint density at radius 2 is 2.14 bits per heavy atom. The van der Waals surface area contributed by atoms with Gasteiger partial charge in [0.1, 0.15) is 11.6 Å². The second kappa shape index (κ2) is 3.87. The molecule has 1 nitrogen and oxygen atoms in total. The lowest BCUT2D eigenvalue weighted by molar-refractivity contribution is 0.546. The van der Waals surface area contributed by atoms with Crippen LogP contribution in [0.15, 0.2) is 17.0 Å². The van der Waals surface area contributed by atoms with Crippen molar-refractivity contribution in [3.63, 3.8) is 0 Å². The number of fused-ring (bicyclic) bond motifs is 1. The van der Waals surface area contributed by atoms with Crippen molar-refractivity contribution in [2.75, 3.05) is 5.75 Å². The molecule has 1 aliphatic heterocycles. The fourth-order valence-electron chi connectivity index (χ4n) is 1.64. The van der Waals surface area contributed by atoms with E-state index in [0.29, 0.717) is 10.5 Å². The van der Waals surface area contributed by atoms with E-state index in [1.165, 1.54) is 17.8 Å². The molecular weight excluding hydrogens is 204 g/mol. The van der Waals surface area contributed by atoms with E-state index in [1.54, 1.807) is 0 Å². The molecule has 1 unspecified atom stereocenters. The zero-order valence-corrected chi connectivity index (χ0v) is 8.41. The normalized spacial score (nSPS) is 21.5. The van der Waals surface area contributed by atoms with Crippen molar-refractivity contribution in [3.8, 4) is 0 Å². The molecule has 76 valence electrons. The quantitative estimate of drug-likeness (QED) is 0.720. The van der Waals surface area contributed by atoms with Crippen molar-refractivity contribution >= 4 is 11.8 Å². The van der Waals surface area contributed by atoms with Crippen molar-refractivity contribution in [2.45, 2.75) is 23.8 Å². The van der Waals surface area contributed by atoms with E-state index in [4.69, 9.17) is 5.73 Å². The zero-order chi connectivity index (χ0) is 10.1. The van der Waals surface area contributed by atoms with Gasteiger partial charge in [-0.1, -0.05) is 0 Å². The number of hydrogen-bond acceptors (Lipinski definition) is 2. The third-order valence-corrected chi connectivity index (χ3v) is 3.55. The summed E-state index contributed by atoms with van der Waals surface area (Å²) >= 11 is 1.43. The van der Waals surface area contributed by atoms with Gasteiger partial charge in [0.15, 0.2) is 0 Å². The van der Waals surface area contributed by atoms with Crippen molar-refractivity contribution in [1.82, 2.24) is 0 Å². The predicted molar refractivity (Wildman–Crippen MR) is 53.2 cm³/mol. The Bertz CT molecular complexity index is 354. The maximum absolute atomic E-state index is 13.4.